The zero-order valence-electron chi connectivity index (χ0n) is 13.8. The Morgan fingerprint density at radius 2 is 1.62 bits per heavy atom. The Morgan fingerprint density at radius 3 is 2.19 bits per heavy atom. The van der Waals surface area contributed by atoms with Crippen molar-refractivity contribution in [3.63, 3.8) is 0 Å². The third-order valence-corrected chi connectivity index (χ3v) is 5.26. The standard InChI is InChI=1S/C19H17NO5S/c21-18(13-25-19(22)15-7-3-1-4-8-15)20(16-9-5-2-6-10-16)17-11-12-26(23,24)14-17/h1-12,17H,13-14H2/t17-/m0/s1. The van der Waals surface area contributed by atoms with Gasteiger partial charge in [-0.25, -0.2) is 13.2 Å². The molecule has 0 aliphatic carbocycles. The highest BCUT2D eigenvalue weighted by Gasteiger charge is 2.31. The first-order chi connectivity index (χ1) is 12.5. The van der Waals surface area contributed by atoms with Crippen LogP contribution < -0.4 is 4.90 Å². The van der Waals surface area contributed by atoms with Crippen LogP contribution in [0, 0.1) is 0 Å². The second-order valence-corrected chi connectivity index (χ2v) is 7.70. The molecule has 1 aliphatic rings. The molecule has 0 saturated heterocycles. The van der Waals surface area contributed by atoms with Crippen LogP contribution in [0.15, 0.2) is 72.1 Å². The monoisotopic (exact) mass is 371 g/mol. The number of para-hydroxylation sites is 1. The summed E-state index contributed by atoms with van der Waals surface area (Å²) in [7, 11) is -3.34. The number of hydrogen-bond donors (Lipinski definition) is 0. The van der Waals surface area contributed by atoms with Crippen molar-refractivity contribution in [2.24, 2.45) is 0 Å². The lowest BCUT2D eigenvalue weighted by molar-refractivity contribution is -0.121. The molecule has 0 N–H and O–H groups in total. The van der Waals surface area contributed by atoms with Crippen LogP contribution in [-0.2, 0) is 19.4 Å². The highest BCUT2D eigenvalue weighted by Crippen LogP contribution is 2.22. The summed E-state index contributed by atoms with van der Waals surface area (Å²) in [5, 5.41) is 1.11. The molecular formula is C19H17NO5S. The normalized spacial score (nSPS) is 17.6. The number of benzene rings is 2. The SMILES string of the molecule is O=C(OCC(=O)N(c1ccccc1)[C@H]1C=CS(=O)(=O)C1)c1ccccc1. The zero-order chi connectivity index (χ0) is 18.6. The predicted octanol–water partition coefficient (Wildman–Crippen LogP) is 2.19. The molecule has 134 valence electrons. The van der Waals surface area contributed by atoms with Crippen molar-refractivity contribution < 1.29 is 22.7 Å². The minimum Gasteiger partial charge on any atom is -0.452 e. The molecule has 7 heteroatoms. The van der Waals surface area contributed by atoms with Gasteiger partial charge >= 0.3 is 5.97 Å². The van der Waals surface area contributed by atoms with Crippen molar-refractivity contribution in [1.82, 2.24) is 0 Å². The smallest absolute Gasteiger partial charge is 0.338 e. The first kappa shape index (κ1) is 17.9. The fourth-order valence-electron chi connectivity index (χ4n) is 2.68. The van der Waals surface area contributed by atoms with E-state index in [1.54, 1.807) is 60.7 Å². The topological polar surface area (TPSA) is 80.8 Å². The summed E-state index contributed by atoms with van der Waals surface area (Å²) in [6.07, 6.45) is 1.47. The van der Waals surface area contributed by atoms with Gasteiger partial charge in [0.2, 0.25) is 0 Å². The molecule has 0 bridgehead atoms. The quantitative estimate of drug-likeness (QED) is 0.753. The van der Waals surface area contributed by atoms with Gasteiger partial charge in [0, 0.05) is 11.1 Å². The van der Waals surface area contributed by atoms with Gasteiger partial charge in [0.1, 0.15) is 0 Å². The maximum atomic E-state index is 12.7. The van der Waals surface area contributed by atoms with Crippen LogP contribution in [0.3, 0.4) is 0 Å². The van der Waals surface area contributed by atoms with Crippen LogP contribution in [0.1, 0.15) is 10.4 Å². The van der Waals surface area contributed by atoms with Gasteiger partial charge in [-0.3, -0.25) is 4.79 Å². The average Bonchev–Trinajstić information content (AvgIpc) is 3.01. The van der Waals surface area contributed by atoms with Gasteiger partial charge in [0.25, 0.3) is 5.91 Å². The molecule has 1 aliphatic heterocycles. The predicted molar refractivity (Wildman–Crippen MR) is 97.4 cm³/mol. The van der Waals surface area contributed by atoms with E-state index in [1.165, 1.54) is 11.0 Å². The van der Waals surface area contributed by atoms with Crippen LogP contribution in [0.4, 0.5) is 5.69 Å². The van der Waals surface area contributed by atoms with E-state index in [0.717, 1.165) is 5.41 Å². The largest absolute Gasteiger partial charge is 0.452 e. The molecule has 1 amide bonds. The number of hydrogen-bond acceptors (Lipinski definition) is 5. The minimum absolute atomic E-state index is 0.194. The molecule has 1 heterocycles. The van der Waals surface area contributed by atoms with Gasteiger partial charge in [-0.2, -0.15) is 0 Å². The Morgan fingerprint density at radius 1 is 1.00 bits per heavy atom. The number of sulfone groups is 1. The van der Waals surface area contributed by atoms with E-state index in [9.17, 15) is 18.0 Å². The lowest BCUT2D eigenvalue weighted by Crippen LogP contribution is -2.43. The molecule has 0 saturated carbocycles. The Hall–Kier alpha value is -2.93. The Balaban J connectivity index is 1.76. The van der Waals surface area contributed by atoms with E-state index in [1.807, 2.05) is 0 Å². The van der Waals surface area contributed by atoms with Crippen molar-refractivity contribution in [1.29, 1.82) is 0 Å². The van der Waals surface area contributed by atoms with Gasteiger partial charge in [-0.05, 0) is 30.3 Å². The number of carbonyl (C=O) groups excluding carboxylic acids is 2. The maximum absolute atomic E-state index is 12.7. The van der Waals surface area contributed by atoms with E-state index in [-0.39, 0.29) is 5.75 Å². The highest BCUT2D eigenvalue weighted by molar-refractivity contribution is 7.94. The summed E-state index contributed by atoms with van der Waals surface area (Å²) in [5.74, 6) is -1.30. The first-order valence-electron chi connectivity index (χ1n) is 7.96. The Bertz CT molecular complexity index is 923. The van der Waals surface area contributed by atoms with E-state index in [0.29, 0.717) is 11.3 Å². The number of ether oxygens (including phenoxy) is 1. The molecule has 0 radical (unpaired) electrons. The molecule has 6 nitrogen and oxygen atoms in total. The van der Waals surface area contributed by atoms with E-state index in [4.69, 9.17) is 4.74 Å². The highest BCUT2D eigenvalue weighted by atomic mass is 32.2. The van der Waals surface area contributed by atoms with E-state index >= 15 is 0 Å². The van der Waals surface area contributed by atoms with Gasteiger partial charge in [0.05, 0.1) is 17.4 Å². The van der Waals surface area contributed by atoms with Crippen LogP contribution in [0.5, 0.6) is 0 Å². The lowest BCUT2D eigenvalue weighted by Gasteiger charge is -2.27. The maximum Gasteiger partial charge on any atom is 0.338 e. The van der Waals surface area contributed by atoms with Crippen LogP contribution >= 0.6 is 0 Å². The average molecular weight is 371 g/mol. The third kappa shape index (κ3) is 4.18. The molecule has 0 spiro atoms. The summed E-state index contributed by atoms with van der Waals surface area (Å²) in [6, 6.07) is 16.4. The van der Waals surface area contributed by atoms with Gasteiger partial charge in [0.15, 0.2) is 16.4 Å². The fraction of sp³-hybridized carbons (Fsp3) is 0.158. The molecule has 1 atom stereocenters. The van der Waals surface area contributed by atoms with Crippen LogP contribution in [0.25, 0.3) is 0 Å². The summed E-state index contributed by atoms with van der Waals surface area (Å²) < 4.78 is 28.6. The molecule has 0 aromatic heterocycles. The van der Waals surface area contributed by atoms with Crippen LogP contribution in [-0.4, -0.2) is 38.7 Å². The van der Waals surface area contributed by atoms with Gasteiger partial charge in [-0.15, -0.1) is 0 Å². The molecule has 3 rings (SSSR count). The molecule has 2 aromatic rings. The van der Waals surface area contributed by atoms with E-state index < -0.39 is 34.4 Å². The molecule has 0 unspecified atom stereocenters. The van der Waals surface area contributed by atoms with Gasteiger partial charge < -0.3 is 9.64 Å². The first-order valence-corrected chi connectivity index (χ1v) is 9.68. The zero-order valence-corrected chi connectivity index (χ0v) is 14.6. The van der Waals surface area contributed by atoms with E-state index in [2.05, 4.69) is 0 Å². The molecule has 2 aromatic carbocycles. The second-order valence-electron chi connectivity index (χ2n) is 5.77. The van der Waals surface area contributed by atoms with Crippen molar-refractivity contribution in [3.05, 3.63) is 77.7 Å². The van der Waals surface area contributed by atoms with Crippen molar-refractivity contribution in [2.75, 3.05) is 17.3 Å². The summed E-state index contributed by atoms with van der Waals surface area (Å²) >= 11 is 0. The minimum atomic E-state index is -3.34. The number of carbonyl (C=O) groups is 2. The number of esters is 1. The molecular weight excluding hydrogens is 354 g/mol. The fourth-order valence-corrected chi connectivity index (χ4v) is 3.95. The Kier molecular flexibility index (Phi) is 5.18. The van der Waals surface area contributed by atoms with Crippen molar-refractivity contribution >= 4 is 27.4 Å². The van der Waals surface area contributed by atoms with Gasteiger partial charge in [-0.1, -0.05) is 36.4 Å². The number of amides is 1. The van der Waals surface area contributed by atoms with Crippen LogP contribution in [0.2, 0.25) is 0 Å². The number of rotatable bonds is 5. The number of anilines is 1. The summed E-state index contributed by atoms with van der Waals surface area (Å²) in [6.45, 7) is -0.479. The lowest BCUT2D eigenvalue weighted by atomic mass is 10.2. The third-order valence-electron chi connectivity index (χ3n) is 3.88. The van der Waals surface area contributed by atoms with Crippen molar-refractivity contribution in [2.45, 2.75) is 6.04 Å². The Labute approximate surface area is 151 Å². The molecule has 26 heavy (non-hydrogen) atoms. The molecule has 0 fully saturated rings. The summed E-state index contributed by atoms with van der Waals surface area (Å²) in [4.78, 5) is 26.1. The van der Waals surface area contributed by atoms with Crippen molar-refractivity contribution in [3.8, 4) is 0 Å². The summed E-state index contributed by atoms with van der Waals surface area (Å²) in [5.41, 5.74) is 0.884. The second kappa shape index (κ2) is 7.53. The number of nitrogens with zero attached hydrogens (tertiary/aromatic N) is 1.